The van der Waals surface area contributed by atoms with Gasteiger partial charge in [-0.2, -0.15) is 0 Å². The second kappa shape index (κ2) is 14.8. The summed E-state index contributed by atoms with van der Waals surface area (Å²) in [6.07, 6.45) is 14.4. The van der Waals surface area contributed by atoms with Crippen molar-refractivity contribution >= 4 is 35.2 Å². The molecule has 0 spiro atoms. The molecule has 0 aromatic heterocycles. The molecule has 4 saturated carbocycles. The van der Waals surface area contributed by atoms with Gasteiger partial charge in [0, 0.05) is 22.3 Å². The zero-order valence-corrected chi connectivity index (χ0v) is 35.7. The molecule has 2 N–H and O–H groups in total. The van der Waals surface area contributed by atoms with E-state index < -0.39 is 22.8 Å². The van der Waals surface area contributed by atoms with Crippen molar-refractivity contribution in [3.63, 3.8) is 0 Å². The van der Waals surface area contributed by atoms with Gasteiger partial charge in [0.1, 0.15) is 6.10 Å². The molecular formula is C47H66ClNO6. The summed E-state index contributed by atoms with van der Waals surface area (Å²) < 4.78 is 6.17. The standard InChI is InChI=1S/C47H66ClNO6/c1-29(2)39-34(50)27-46(21-18-37(51)49-47(24-25-47)31-12-10-13-32(48)26-31)23-22-45(9)30(3)15-16-35-43(6,7)36(55-38(52)28-42(4,5)41(53)54)17-20-44(35,8)19-11-14-33(45)40(39)46/h10,12-13,18,21,26,29-30,33,35-36H,11,14-17,19-20,22-25,27-28H2,1-9H3,(H,49,51)(H,53,54). The van der Waals surface area contributed by atoms with Gasteiger partial charge < -0.3 is 15.2 Å². The summed E-state index contributed by atoms with van der Waals surface area (Å²) in [6, 6.07) is 7.77. The smallest absolute Gasteiger partial charge is 0.309 e. The number of esters is 1. The maximum absolute atomic E-state index is 14.1. The number of carboxylic acids is 1. The Morgan fingerprint density at radius 2 is 1.71 bits per heavy atom. The molecule has 0 aliphatic heterocycles. The van der Waals surface area contributed by atoms with Crippen molar-refractivity contribution in [2.45, 2.75) is 157 Å². The van der Waals surface area contributed by atoms with Gasteiger partial charge in [0.2, 0.25) is 5.91 Å². The first kappa shape index (κ1) is 41.7. The van der Waals surface area contributed by atoms with Crippen LogP contribution in [0.3, 0.4) is 0 Å². The van der Waals surface area contributed by atoms with Crippen molar-refractivity contribution in [3.05, 3.63) is 58.1 Å². The lowest BCUT2D eigenvalue weighted by molar-refractivity contribution is -0.176. The Morgan fingerprint density at radius 3 is 2.35 bits per heavy atom. The van der Waals surface area contributed by atoms with Crippen molar-refractivity contribution in [3.8, 4) is 0 Å². The highest BCUT2D eigenvalue weighted by Crippen LogP contribution is 2.65. The molecule has 55 heavy (non-hydrogen) atoms. The quantitative estimate of drug-likeness (QED) is 0.191. The van der Waals surface area contributed by atoms with E-state index in [9.17, 15) is 24.3 Å². The predicted molar refractivity (Wildman–Crippen MR) is 217 cm³/mol. The van der Waals surface area contributed by atoms with Gasteiger partial charge in [-0.15, -0.1) is 0 Å². The van der Waals surface area contributed by atoms with Crippen LogP contribution in [0.15, 0.2) is 47.6 Å². The molecule has 0 bridgehead atoms. The highest BCUT2D eigenvalue weighted by atomic mass is 35.5. The van der Waals surface area contributed by atoms with Crippen LogP contribution in [0.25, 0.3) is 0 Å². The topological polar surface area (TPSA) is 110 Å². The van der Waals surface area contributed by atoms with E-state index in [1.807, 2.05) is 24.3 Å². The fourth-order valence-electron chi connectivity index (χ4n) is 11.9. The molecule has 4 fully saturated rings. The summed E-state index contributed by atoms with van der Waals surface area (Å²) in [6.45, 7) is 19.3. The first-order chi connectivity index (χ1) is 25.6. The molecule has 0 saturated heterocycles. The molecule has 7 unspecified atom stereocenters. The van der Waals surface area contributed by atoms with Gasteiger partial charge in [0.25, 0.3) is 0 Å². The molecule has 5 aliphatic carbocycles. The number of allylic oxidation sites excluding steroid dienone is 3. The second-order valence-corrected chi connectivity index (χ2v) is 20.9. The van der Waals surface area contributed by atoms with Crippen LogP contribution in [0.1, 0.15) is 151 Å². The first-order valence-corrected chi connectivity index (χ1v) is 21.5. The van der Waals surface area contributed by atoms with Crippen molar-refractivity contribution in [1.29, 1.82) is 0 Å². The van der Waals surface area contributed by atoms with Gasteiger partial charge in [0.05, 0.1) is 17.4 Å². The second-order valence-electron chi connectivity index (χ2n) is 20.5. The molecule has 0 heterocycles. The lowest BCUT2D eigenvalue weighted by Gasteiger charge is -2.57. The third kappa shape index (κ3) is 7.74. The molecule has 1 aromatic rings. The summed E-state index contributed by atoms with van der Waals surface area (Å²) in [5.74, 6) is -0.202. The van der Waals surface area contributed by atoms with E-state index in [4.69, 9.17) is 16.3 Å². The van der Waals surface area contributed by atoms with E-state index in [2.05, 4.69) is 59.9 Å². The van der Waals surface area contributed by atoms with Crippen LogP contribution in [0, 0.1) is 50.7 Å². The maximum Gasteiger partial charge on any atom is 0.309 e. The lowest BCUT2D eigenvalue weighted by Crippen LogP contribution is -2.52. The summed E-state index contributed by atoms with van der Waals surface area (Å²) in [5, 5.41) is 13.6. The highest BCUT2D eigenvalue weighted by Gasteiger charge is 2.58. The fraction of sp³-hybridized carbons (Fsp3) is 0.702. The first-order valence-electron chi connectivity index (χ1n) is 21.1. The Labute approximate surface area is 334 Å². The van der Waals surface area contributed by atoms with E-state index >= 15 is 0 Å². The minimum atomic E-state index is -1.17. The number of halogens is 1. The van der Waals surface area contributed by atoms with E-state index in [0.29, 0.717) is 23.3 Å². The van der Waals surface area contributed by atoms with Crippen LogP contribution in [-0.4, -0.2) is 34.8 Å². The largest absolute Gasteiger partial charge is 0.481 e. The number of hydrogen-bond donors (Lipinski definition) is 2. The van der Waals surface area contributed by atoms with E-state index in [-0.39, 0.29) is 57.8 Å². The Hall–Kier alpha value is -2.93. The average molecular weight is 776 g/mol. The summed E-state index contributed by atoms with van der Waals surface area (Å²) >= 11 is 6.32. The van der Waals surface area contributed by atoms with Gasteiger partial charge in [-0.1, -0.05) is 84.7 Å². The number of carbonyl (C=O) groups is 4. The molecule has 5 aliphatic rings. The third-order valence-corrected chi connectivity index (χ3v) is 16.0. The van der Waals surface area contributed by atoms with Crippen LogP contribution in [0.4, 0.5) is 0 Å². The van der Waals surface area contributed by atoms with Gasteiger partial charge in [-0.3, -0.25) is 19.2 Å². The molecule has 1 aromatic carbocycles. The van der Waals surface area contributed by atoms with Crippen molar-refractivity contribution in [1.82, 2.24) is 5.32 Å². The summed E-state index contributed by atoms with van der Waals surface area (Å²) in [4.78, 5) is 52.6. The molecule has 7 atom stereocenters. The number of amides is 1. The predicted octanol–water partition coefficient (Wildman–Crippen LogP) is 10.8. The minimum Gasteiger partial charge on any atom is -0.481 e. The number of benzene rings is 1. The Kier molecular flexibility index (Phi) is 11.2. The maximum atomic E-state index is 14.1. The Morgan fingerprint density at radius 1 is 1.00 bits per heavy atom. The molecule has 6 rings (SSSR count). The number of carboxylic acid groups (broad SMARTS) is 1. The number of carbonyl (C=O) groups excluding carboxylic acids is 3. The van der Waals surface area contributed by atoms with Gasteiger partial charge in [-0.25, -0.2) is 0 Å². The molecule has 1 amide bonds. The molecular weight excluding hydrogens is 710 g/mol. The number of hydrogen-bond acceptors (Lipinski definition) is 5. The van der Waals surface area contributed by atoms with E-state index in [0.717, 1.165) is 81.8 Å². The van der Waals surface area contributed by atoms with Gasteiger partial charge >= 0.3 is 11.9 Å². The number of aliphatic carboxylic acids is 1. The summed E-state index contributed by atoms with van der Waals surface area (Å²) in [5.41, 5.74) is 1.15. The third-order valence-electron chi connectivity index (χ3n) is 15.7. The average Bonchev–Trinajstić information content (AvgIpc) is 3.80. The van der Waals surface area contributed by atoms with E-state index in [1.54, 1.807) is 19.9 Å². The molecule has 8 heteroatoms. The monoisotopic (exact) mass is 775 g/mol. The molecule has 0 radical (unpaired) electrons. The van der Waals surface area contributed by atoms with Crippen LogP contribution in [0.5, 0.6) is 0 Å². The zero-order chi connectivity index (χ0) is 40.4. The summed E-state index contributed by atoms with van der Waals surface area (Å²) in [7, 11) is 0. The number of Topliss-reactive ketones (excluding diaryl/α,β-unsaturated/α-hetero) is 1. The number of rotatable bonds is 9. The van der Waals surface area contributed by atoms with Gasteiger partial charge in [0.15, 0.2) is 5.78 Å². The van der Waals surface area contributed by atoms with Crippen LogP contribution in [0.2, 0.25) is 5.02 Å². The van der Waals surface area contributed by atoms with Crippen LogP contribution < -0.4 is 5.32 Å². The number of ketones is 1. The van der Waals surface area contributed by atoms with Crippen LogP contribution >= 0.6 is 11.6 Å². The van der Waals surface area contributed by atoms with Gasteiger partial charge in [-0.05, 0) is 147 Å². The fourth-order valence-corrected chi connectivity index (χ4v) is 12.1. The highest BCUT2D eigenvalue weighted by molar-refractivity contribution is 6.30. The molecule has 302 valence electrons. The minimum absolute atomic E-state index is 0.00876. The lowest BCUT2D eigenvalue weighted by atomic mass is 9.48. The zero-order valence-electron chi connectivity index (χ0n) is 34.9. The van der Waals surface area contributed by atoms with E-state index in [1.165, 1.54) is 5.57 Å². The van der Waals surface area contributed by atoms with Crippen molar-refractivity contribution < 1.29 is 29.0 Å². The normalized spacial score (nSPS) is 34.4. The van der Waals surface area contributed by atoms with Crippen molar-refractivity contribution in [2.75, 3.05) is 0 Å². The molecule has 7 nitrogen and oxygen atoms in total. The SMILES string of the molecule is CC(C)C1=C2C3CCCC4(C)CCC(OC(=O)CC(C)(C)C(=O)O)C(C)(C)C4CCC(C)C3(C)CCC2(C=CC(=O)NC2(c3cccc(Cl)c3)CC2)CC1=O. The number of fused-ring (bicyclic) bond motifs is 4. The van der Waals surface area contributed by atoms with Crippen LogP contribution in [-0.2, 0) is 29.5 Å². The Balaban J connectivity index is 1.25. The van der Waals surface area contributed by atoms with Crippen molar-refractivity contribution in [2.24, 2.45) is 50.7 Å². The number of ether oxygens (including phenoxy) is 1. The Bertz CT molecular complexity index is 1770. The number of nitrogens with one attached hydrogen (secondary N) is 1.